The molecule has 0 aromatic heterocycles. The molecule has 45 heavy (non-hydrogen) atoms. The van der Waals surface area contributed by atoms with E-state index in [2.05, 4.69) is 196 Å². The molecule has 0 radical (unpaired) electrons. The molecule has 6 rings (SSSR count). The number of hydrogen-bond donors (Lipinski definition) is 0. The number of rotatable bonds is 12. The Bertz CT molecular complexity index is 1590. The predicted molar refractivity (Wildman–Crippen MR) is 207 cm³/mol. The fourth-order valence-electron chi connectivity index (χ4n) is 6.98. The summed E-state index contributed by atoms with van der Waals surface area (Å²) in [6.45, 7) is 5.13. The summed E-state index contributed by atoms with van der Waals surface area (Å²) in [6.07, 6.45) is 2.29. The molecule has 6 aromatic carbocycles. The van der Waals surface area contributed by atoms with Crippen molar-refractivity contribution >= 4 is 54.9 Å². The van der Waals surface area contributed by atoms with Crippen LogP contribution in [0.4, 0.5) is 0 Å². The molecule has 2 atom stereocenters. The van der Waals surface area contributed by atoms with Crippen molar-refractivity contribution in [2.75, 3.05) is 12.8 Å². The first-order valence-corrected chi connectivity index (χ1v) is 21.6. The van der Waals surface area contributed by atoms with Crippen molar-refractivity contribution in [1.29, 1.82) is 0 Å². The van der Waals surface area contributed by atoms with Crippen LogP contribution in [0.15, 0.2) is 182 Å². The van der Waals surface area contributed by atoms with Crippen LogP contribution in [0.25, 0.3) is 0 Å². The van der Waals surface area contributed by atoms with Gasteiger partial charge in [0.2, 0.25) is 0 Å². The van der Waals surface area contributed by atoms with E-state index in [1.54, 1.807) is 0 Å². The molecule has 0 saturated carbocycles. The van der Waals surface area contributed by atoms with Crippen molar-refractivity contribution in [3.05, 3.63) is 182 Å². The molecule has 6 aromatic rings. The monoisotopic (exact) mass is 640 g/mol. The minimum atomic E-state index is -2.34. The standard InChI is InChI=1S/C42H43P3/c1-3-41(44(37-26-14-6-15-27-37)38-28-16-7-17-29-38)42(34-43(35-22-10-4-11-23-35)36-24-12-5-13-25-36)45(2,39-30-18-8-19-31-39)40-32-20-9-21-33-40/h4-33,41-42,45H,3,34H2,1-2H3. The average molecular weight is 641 g/mol. The van der Waals surface area contributed by atoms with E-state index in [0.29, 0.717) is 11.3 Å². The summed E-state index contributed by atoms with van der Waals surface area (Å²) in [6, 6.07) is 68.7. The molecule has 0 bridgehead atoms. The molecule has 0 fully saturated rings. The molecule has 0 aliphatic rings. The first-order valence-electron chi connectivity index (χ1n) is 16.1. The SMILES string of the molecule is CCC(C(CP(c1ccccc1)c1ccccc1)[PH](C)(c1ccccc1)c1ccccc1)P(c1ccccc1)c1ccccc1. The van der Waals surface area contributed by atoms with Crippen molar-refractivity contribution in [3.63, 3.8) is 0 Å². The molecular formula is C42H43P3. The normalized spacial score (nSPS) is 13.4. The Morgan fingerprint density at radius 2 is 0.756 bits per heavy atom. The van der Waals surface area contributed by atoms with E-state index in [1.165, 1.54) is 31.8 Å². The molecule has 0 saturated heterocycles. The van der Waals surface area contributed by atoms with Gasteiger partial charge in [-0.2, -0.15) is 0 Å². The second-order valence-electron chi connectivity index (χ2n) is 11.8. The van der Waals surface area contributed by atoms with Gasteiger partial charge in [0.15, 0.2) is 0 Å². The molecule has 0 aliphatic carbocycles. The maximum absolute atomic E-state index is 2.68. The van der Waals surface area contributed by atoms with Crippen molar-refractivity contribution in [1.82, 2.24) is 0 Å². The molecule has 0 N–H and O–H groups in total. The second kappa shape index (κ2) is 15.3. The molecule has 0 heterocycles. The third-order valence-corrected chi connectivity index (χ3v) is 20.8. The minimum absolute atomic E-state index is 0.491. The van der Waals surface area contributed by atoms with Crippen LogP contribution in [0.5, 0.6) is 0 Å². The Morgan fingerprint density at radius 1 is 0.444 bits per heavy atom. The van der Waals surface area contributed by atoms with E-state index in [1.807, 2.05) is 0 Å². The Kier molecular flexibility index (Phi) is 10.7. The van der Waals surface area contributed by atoms with E-state index < -0.39 is 23.1 Å². The second-order valence-corrected chi connectivity index (χ2v) is 20.8. The van der Waals surface area contributed by atoms with Crippen molar-refractivity contribution in [2.45, 2.75) is 24.7 Å². The van der Waals surface area contributed by atoms with Gasteiger partial charge in [-0.05, 0) is 0 Å². The van der Waals surface area contributed by atoms with Crippen LogP contribution in [0, 0.1) is 0 Å². The summed E-state index contributed by atoms with van der Waals surface area (Å²) in [5.41, 5.74) is 0.990. The van der Waals surface area contributed by atoms with E-state index in [9.17, 15) is 0 Å². The molecule has 2 unspecified atom stereocenters. The molecule has 0 aliphatic heterocycles. The van der Waals surface area contributed by atoms with Crippen LogP contribution >= 0.6 is 23.1 Å². The topological polar surface area (TPSA) is 0 Å². The maximum atomic E-state index is 2.68. The van der Waals surface area contributed by atoms with Gasteiger partial charge < -0.3 is 0 Å². The fourth-order valence-corrected chi connectivity index (χ4v) is 19.8. The van der Waals surface area contributed by atoms with Gasteiger partial charge in [-0.1, -0.05) is 0 Å². The Labute approximate surface area is 273 Å². The number of hydrogen-bond acceptors (Lipinski definition) is 0. The van der Waals surface area contributed by atoms with Gasteiger partial charge in [0, 0.05) is 0 Å². The average Bonchev–Trinajstić information content (AvgIpc) is 3.13. The van der Waals surface area contributed by atoms with Gasteiger partial charge in [0.05, 0.1) is 0 Å². The Morgan fingerprint density at radius 3 is 1.09 bits per heavy atom. The molecule has 226 valence electrons. The van der Waals surface area contributed by atoms with Gasteiger partial charge in [-0.25, -0.2) is 0 Å². The summed E-state index contributed by atoms with van der Waals surface area (Å²) in [5, 5.41) is 8.98. The molecule has 0 spiro atoms. The summed E-state index contributed by atoms with van der Waals surface area (Å²) < 4.78 is 0. The van der Waals surface area contributed by atoms with Crippen molar-refractivity contribution in [2.24, 2.45) is 0 Å². The van der Waals surface area contributed by atoms with Crippen LogP contribution in [0.1, 0.15) is 13.3 Å². The predicted octanol–water partition coefficient (Wildman–Crippen LogP) is 8.43. The molecule has 0 nitrogen and oxygen atoms in total. The van der Waals surface area contributed by atoms with Crippen LogP contribution < -0.4 is 31.8 Å². The van der Waals surface area contributed by atoms with Gasteiger partial charge >= 0.3 is 274 Å². The van der Waals surface area contributed by atoms with Crippen LogP contribution in [-0.4, -0.2) is 24.1 Å². The van der Waals surface area contributed by atoms with E-state index in [4.69, 9.17) is 0 Å². The zero-order valence-electron chi connectivity index (χ0n) is 26.3. The zero-order chi connectivity index (χ0) is 30.9. The summed E-state index contributed by atoms with van der Waals surface area (Å²) in [4.78, 5) is 0. The summed E-state index contributed by atoms with van der Waals surface area (Å²) >= 11 is 0. The van der Waals surface area contributed by atoms with Crippen LogP contribution in [0.2, 0.25) is 0 Å². The molecule has 3 heteroatoms. The first-order chi connectivity index (χ1) is 22.2. The van der Waals surface area contributed by atoms with E-state index in [-0.39, 0.29) is 0 Å². The van der Waals surface area contributed by atoms with Gasteiger partial charge in [-0.15, -0.1) is 0 Å². The van der Waals surface area contributed by atoms with Crippen molar-refractivity contribution < 1.29 is 0 Å². The Hall–Kier alpha value is -3.39. The van der Waals surface area contributed by atoms with E-state index in [0.717, 1.165) is 12.6 Å². The van der Waals surface area contributed by atoms with Crippen LogP contribution in [-0.2, 0) is 0 Å². The first kappa shape index (κ1) is 31.6. The van der Waals surface area contributed by atoms with Crippen LogP contribution in [0.3, 0.4) is 0 Å². The Balaban J connectivity index is 1.62. The fraction of sp³-hybridized carbons (Fsp3) is 0.143. The molecule has 0 amide bonds. The summed E-state index contributed by atoms with van der Waals surface area (Å²) in [5.74, 6) is 0. The van der Waals surface area contributed by atoms with Gasteiger partial charge in [-0.3, -0.25) is 0 Å². The summed E-state index contributed by atoms with van der Waals surface area (Å²) in [7, 11) is -3.55. The quantitative estimate of drug-likeness (QED) is 0.118. The third kappa shape index (κ3) is 7.06. The van der Waals surface area contributed by atoms with Crippen molar-refractivity contribution in [3.8, 4) is 0 Å². The van der Waals surface area contributed by atoms with E-state index >= 15 is 0 Å². The van der Waals surface area contributed by atoms with Gasteiger partial charge in [0.1, 0.15) is 0 Å². The third-order valence-electron chi connectivity index (χ3n) is 9.29. The van der Waals surface area contributed by atoms with Gasteiger partial charge in [0.25, 0.3) is 0 Å². The number of benzene rings is 6. The zero-order valence-corrected chi connectivity index (χ0v) is 29.1. The molecular weight excluding hydrogens is 597 g/mol.